The number of carbonyl (C=O) groups excluding carboxylic acids is 1. The third-order valence-corrected chi connectivity index (χ3v) is 3.70. The first kappa shape index (κ1) is 12.8. The number of aliphatic hydroxyl groups is 1. The van der Waals surface area contributed by atoms with E-state index in [-0.39, 0.29) is 11.8 Å². The molecule has 2 heterocycles. The molecule has 6 heteroatoms. The summed E-state index contributed by atoms with van der Waals surface area (Å²) in [6.45, 7) is 3.08. The predicted octanol–water partition coefficient (Wildman–Crippen LogP) is 1.21. The Hall–Kier alpha value is -2.21. The summed E-state index contributed by atoms with van der Waals surface area (Å²) < 4.78 is 1.65. The number of rotatable bonds is 2. The second-order valence-electron chi connectivity index (χ2n) is 5.24. The van der Waals surface area contributed by atoms with E-state index in [0.29, 0.717) is 5.95 Å². The van der Waals surface area contributed by atoms with E-state index in [9.17, 15) is 9.90 Å². The third-order valence-electron chi connectivity index (χ3n) is 3.70. The molecular weight excluding hydrogens is 256 g/mol. The molecule has 104 valence electrons. The lowest BCUT2D eigenvalue weighted by Gasteiger charge is -2.42. The van der Waals surface area contributed by atoms with Crippen molar-refractivity contribution in [3.63, 3.8) is 0 Å². The molecule has 2 N–H and O–H groups in total. The molecule has 0 radical (unpaired) electrons. The van der Waals surface area contributed by atoms with Crippen LogP contribution < -0.4 is 5.32 Å². The zero-order valence-corrected chi connectivity index (χ0v) is 11.3. The highest BCUT2D eigenvalue weighted by Gasteiger charge is 2.48. The van der Waals surface area contributed by atoms with Crippen LogP contribution in [0.2, 0.25) is 0 Å². The summed E-state index contributed by atoms with van der Waals surface area (Å²) >= 11 is 0. The van der Waals surface area contributed by atoms with E-state index in [1.165, 1.54) is 13.3 Å². The number of nitrogens with zero attached hydrogens (tertiary/aromatic N) is 3. The Morgan fingerprint density at radius 3 is 2.75 bits per heavy atom. The molecule has 0 aliphatic carbocycles. The van der Waals surface area contributed by atoms with Crippen LogP contribution in [0, 0.1) is 5.92 Å². The van der Waals surface area contributed by atoms with Gasteiger partial charge in [0, 0.05) is 0 Å². The molecule has 0 bridgehead atoms. The molecule has 6 nitrogen and oxygen atoms in total. The summed E-state index contributed by atoms with van der Waals surface area (Å²) in [5.41, 5.74) is -0.448. The minimum absolute atomic E-state index is 0.0995. The average molecular weight is 272 g/mol. The van der Waals surface area contributed by atoms with E-state index >= 15 is 0 Å². The van der Waals surface area contributed by atoms with Gasteiger partial charge in [-0.2, -0.15) is 10.1 Å². The van der Waals surface area contributed by atoms with Gasteiger partial charge in [-0.05, 0) is 19.4 Å². The largest absolute Gasteiger partial charge is 0.370 e. The van der Waals surface area contributed by atoms with Gasteiger partial charge in [0.25, 0.3) is 0 Å². The molecular formula is C14H16N4O2. The lowest BCUT2D eigenvalue weighted by atomic mass is 9.81. The Balaban J connectivity index is 2.19. The van der Waals surface area contributed by atoms with E-state index in [2.05, 4.69) is 15.4 Å². The Morgan fingerprint density at radius 1 is 1.40 bits per heavy atom. The zero-order valence-electron chi connectivity index (χ0n) is 11.3. The lowest BCUT2D eigenvalue weighted by molar-refractivity contribution is -0.130. The van der Waals surface area contributed by atoms with Gasteiger partial charge < -0.3 is 10.4 Å². The molecule has 1 aromatic carbocycles. The van der Waals surface area contributed by atoms with Crippen molar-refractivity contribution >= 4 is 11.7 Å². The van der Waals surface area contributed by atoms with Crippen LogP contribution >= 0.6 is 0 Å². The zero-order chi connectivity index (χ0) is 14.3. The van der Waals surface area contributed by atoms with E-state index < -0.39 is 11.6 Å². The van der Waals surface area contributed by atoms with Gasteiger partial charge in [0.1, 0.15) is 17.8 Å². The predicted molar refractivity (Wildman–Crippen MR) is 73.0 cm³/mol. The number of hydrogen-bond donors (Lipinski definition) is 2. The van der Waals surface area contributed by atoms with Gasteiger partial charge in [0.15, 0.2) is 0 Å². The number of aromatic nitrogens is 3. The molecule has 3 rings (SSSR count). The maximum Gasteiger partial charge on any atom is 0.223 e. The lowest BCUT2D eigenvalue weighted by Crippen LogP contribution is -2.54. The van der Waals surface area contributed by atoms with Crippen molar-refractivity contribution in [2.75, 3.05) is 5.32 Å². The third kappa shape index (κ3) is 1.89. The molecule has 1 aromatic heterocycles. The Morgan fingerprint density at radius 2 is 2.10 bits per heavy atom. The molecule has 0 spiro atoms. The highest BCUT2D eigenvalue weighted by atomic mass is 16.3. The quantitative estimate of drug-likeness (QED) is 0.859. The molecule has 0 saturated heterocycles. The van der Waals surface area contributed by atoms with Gasteiger partial charge in [-0.15, -0.1) is 0 Å². The van der Waals surface area contributed by atoms with E-state index in [1.807, 2.05) is 30.3 Å². The van der Waals surface area contributed by atoms with Gasteiger partial charge in [0.2, 0.25) is 5.95 Å². The first-order valence-electron chi connectivity index (χ1n) is 6.46. The van der Waals surface area contributed by atoms with Gasteiger partial charge in [-0.25, -0.2) is 4.68 Å². The van der Waals surface area contributed by atoms with Crippen molar-refractivity contribution in [2.45, 2.75) is 25.6 Å². The fourth-order valence-corrected chi connectivity index (χ4v) is 2.90. The first-order chi connectivity index (χ1) is 9.50. The monoisotopic (exact) mass is 272 g/mol. The molecule has 1 aliphatic heterocycles. The number of fused-ring (bicyclic) bond motifs is 1. The van der Waals surface area contributed by atoms with Crippen LogP contribution in [-0.2, 0) is 4.79 Å². The fraction of sp³-hybridized carbons (Fsp3) is 0.357. The molecule has 0 unspecified atom stereocenters. The van der Waals surface area contributed by atoms with E-state index in [4.69, 9.17) is 0 Å². The molecule has 3 atom stereocenters. The highest BCUT2D eigenvalue weighted by Crippen LogP contribution is 2.40. The van der Waals surface area contributed by atoms with Crippen molar-refractivity contribution in [1.82, 2.24) is 14.8 Å². The average Bonchev–Trinajstić information content (AvgIpc) is 2.83. The van der Waals surface area contributed by atoms with Crippen LogP contribution in [-0.4, -0.2) is 31.4 Å². The summed E-state index contributed by atoms with van der Waals surface area (Å²) in [5.74, 6) is -0.280. The maximum absolute atomic E-state index is 12.1. The molecule has 0 fully saturated rings. The maximum atomic E-state index is 12.1. The van der Waals surface area contributed by atoms with E-state index in [0.717, 1.165) is 5.56 Å². The Kier molecular flexibility index (Phi) is 2.83. The van der Waals surface area contributed by atoms with Crippen LogP contribution in [0.4, 0.5) is 5.95 Å². The number of nitrogens with one attached hydrogen (secondary N) is 1. The Bertz CT molecular complexity index is 636. The summed E-state index contributed by atoms with van der Waals surface area (Å²) in [6.07, 6.45) is 1.41. The molecule has 2 aromatic rings. The normalized spacial score (nSPS) is 28.6. The summed E-state index contributed by atoms with van der Waals surface area (Å²) in [6, 6.07) is 9.19. The van der Waals surface area contributed by atoms with E-state index in [1.54, 1.807) is 11.6 Å². The van der Waals surface area contributed by atoms with Crippen LogP contribution in [0.25, 0.3) is 0 Å². The van der Waals surface area contributed by atoms with Crippen molar-refractivity contribution in [3.8, 4) is 0 Å². The van der Waals surface area contributed by atoms with Crippen molar-refractivity contribution < 1.29 is 9.90 Å². The minimum atomic E-state index is -1.37. The highest BCUT2D eigenvalue weighted by molar-refractivity contribution is 5.81. The topological polar surface area (TPSA) is 80.0 Å². The van der Waals surface area contributed by atoms with Crippen molar-refractivity contribution in [1.29, 1.82) is 0 Å². The summed E-state index contributed by atoms with van der Waals surface area (Å²) in [5, 5.41) is 17.7. The van der Waals surface area contributed by atoms with Crippen LogP contribution in [0.1, 0.15) is 25.5 Å². The first-order valence-corrected chi connectivity index (χ1v) is 6.46. The number of Topliss-reactive ketones (excluding diaryl/α,β-unsaturated/α-hetero) is 1. The number of carbonyl (C=O) groups is 1. The fourth-order valence-electron chi connectivity index (χ4n) is 2.90. The standard InChI is InChI=1S/C14H16N4O2/c1-9(19)11-12(10-6-4-3-5-7-10)18-13(15-8-16-18)17-14(11,2)20/h3-8,11-12,20H,1-2H3,(H,15,16,17)/t11-,12+,14-/m0/s1. The summed E-state index contributed by atoms with van der Waals surface area (Å²) in [4.78, 5) is 16.2. The SMILES string of the molecule is CC(=O)[C@H]1[C@@H](c2ccccc2)n2ncnc2N[C@@]1(C)O. The number of ketones is 1. The van der Waals surface area contributed by atoms with Gasteiger partial charge in [-0.3, -0.25) is 4.79 Å². The number of anilines is 1. The van der Waals surface area contributed by atoms with Crippen LogP contribution in [0.5, 0.6) is 0 Å². The minimum Gasteiger partial charge on any atom is -0.370 e. The van der Waals surface area contributed by atoms with Crippen LogP contribution in [0.15, 0.2) is 36.7 Å². The molecule has 0 saturated carbocycles. The second-order valence-corrected chi connectivity index (χ2v) is 5.24. The summed E-state index contributed by atoms with van der Waals surface area (Å²) in [7, 11) is 0. The molecule has 0 amide bonds. The van der Waals surface area contributed by atoms with Crippen molar-refractivity contribution in [3.05, 3.63) is 42.2 Å². The van der Waals surface area contributed by atoms with Gasteiger partial charge in [-0.1, -0.05) is 30.3 Å². The number of benzene rings is 1. The van der Waals surface area contributed by atoms with Crippen LogP contribution in [0.3, 0.4) is 0 Å². The smallest absolute Gasteiger partial charge is 0.223 e. The second kappa shape index (κ2) is 4.42. The number of hydrogen-bond acceptors (Lipinski definition) is 5. The molecule has 20 heavy (non-hydrogen) atoms. The van der Waals surface area contributed by atoms with Gasteiger partial charge >= 0.3 is 0 Å². The molecule has 1 aliphatic rings. The van der Waals surface area contributed by atoms with Crippen molar-refractivity contribution in [2.24, 2.45) is 5.92 Å². The van der Waals surface area contributed by atoms with Gasteiger partial charge in [0.05, 0.1) is 12.0 Å². The Labute approximate surface area is 116 Å².